The zero-order chi connectivity index (χ0) is 25.9. The molecule has 4 aromatic heterocycles. The smallest absolute Gasteiger partial charge is 0.252 e. The van der Waals surface area contributed by atoms with Crippen molar-refractivity contribution >= 4 is 35.8 Å². The average molecular weight is 550 g/mol. The molecule has 1 atom stereocenters. The fraction of sp³-hybridized carbons (Fsp3) is 0.308. The number of hydrogen-bond acceptors (Lipinski definition) is 10. The van der Waals surface area contributed by atoms with Gasteiger partial charge in [-0.25, -0.2) is 0 Å². The van der Waals surface area contributed by atoms with Gasteiger partial charge in [0.2, 0.25) is 11.7 Å². The fourth-order valence-electron chi connectivity index (χ4n) is 4.35. The number of methoxy groups -OCH3 is 1. The van der Waals surface area contributed by atoms with Gasteiger partial charge in [-0.1, -0.05) is 23.4 Å². The molecule has 1 saturated heterocycles. The molecule has 1 N–H and O–H groups in total. The number of benzene rings is 1. The highest BCUT2D eigenvalue weighted by Crippen LogP contribution is 2.29. The van der Waals surface area contributed by atoms with Crippen LogP contribution in [-0.2, 0) is 22.7 Å². The molecule has 1 aliphatic heterocycles. The van der Waals surface area contributed by atoms with Crippen LogP contribution in [0.5, 0.6) is 5.88 Å². The van der Waals surface area contributed by atoms with E-state index >= 15 is 0 Å². The van der Waals surface area contributed by atoms with Gasteiger partial charge >= 0.3 is 0 Å². The molecule has 202 valence electrons. The molecule has 12 nitrogen and oxygen atoms in total. The Hall–Kier alpha value is -4.07. The van der Waals surface area contributed by atoms with Gasteiger partial charge in [0.05, 0.1) is 17.4 Å². The van der Waals surface area contributed by atoms with Gasteiger partial charge < -0.3 is 24.1 Å². The monoisotopic (exact) mass is 549 g/mol. The Labute approximate surface area is 230 Å². The second-order valence-electron chi connectivity index (χ2n) is 8.89. The van der Waals surface area contributed by atoms with E-state index in [2.05, 4.69) is 30.8 Å². The quantitative estimate of drug-likeness (QED) is 0.292. The number of pyridine rings is 1. The Morgan fingerprint density at radius 1 is 1.15 bits per heavy atom. The van der Waals surface area contributed by atoms with Crippen molar-refractivity contribution in [2.75, 3.05) is 20.3 Å². The van der Waals surface area contributed by atoms with Crippen LogP contribution in [0.15, 0.2) is 53.2 Å². The van der Waals surface area contributed by atoms with Gasteiger partial charge in [-0.2, -0.15) is 18.0 Å². The Bertz CT molecular complexity index is 1580. The Morgan fingerprint density at radius 3 is 2.79 bits per heavy atom. The zero-order valence-corrected chi connectivity index (χ0v) is 22.2. The maximum absolute atomic E-state index is 12.4. The van der Waals surface area contributed by atoms with E-state index in [1.165, 1.54) is 0 Å². The zero-order valence-electron chi connectivity index (χ0n) is 21.2. The van der Waals surface area contributed by atoms with Crippen LogP contribution in [0.1, 0.15) is 34.7 Å². The number of ether oxygens (including phenoxy) is 3. The molecule has 0 saturated carbocycles. The minimum atomic E-state index is -0.180. The lowest BCUT2D eigenvalue weighted by Gasteiger charge is -2.11. The molecule has 39 heavy (non-hydrogen) atoms. The van der Waals surface area contributed by atoms with Crippen LogP contribution >= 0.6 is 13.5 Å². The van der Waals surface area contributed by atoms with Crippen LogP contribution in [0.3, 0.4) is 0 Å². The van der Waals surface area contributed by atoms with Crippen LogP contribution in [0.2, 0.25) is 0 Å². The summed E-state index contributed by atoms with van der Waals surface area (Å²) >= 11 is 0. The maximum atomic E-state index is 12.4. The molecule has 13 heteroatoms. The third-order valence-corrected chi connectivity index (χ3v) is 6.26. The third-order valence-electron chi connectivity index (χ3n) is 6.26. The van der Waals surface area contributed by atoms with Crippen molar-refractivity contribution < 1.29 is 23.5 Å². The summed E-state index contributed by atoms with van der Waals surface area (Å²) in [5, 5.41) is 21.9. The number of hydrogen-bond donors (Lipinski definition) is 1. The van der Waals surface area contributed by atoms with Crippen molar-refractivity contribution in [2.45, 2.75) is 32.2 Å². The number of nitrogens with one attached hydrogen (secondary N) is 1. The molecule has 0 unspecified atom stereocenters. The molecular formula is C26H27N7O5S. The van der Waals surface area contributed by atoms with E-state index in [-0.39, 0.29) is 38.7 Å². The topological polar surface area (TPSA) is 139 Å². The molecule has 6 rings (SSSR count). The lowest BCUT2D eigenvalue weighted by molar-refractivity contribution is 0.0857. The molecule has 0 bridgehead atoms. The first-order valence-electron chi connectivity index (χ1n) is 12.3. The highest BCUT2D eigenvalue weighted by molar-refractivity contribution is 7.59. The molecule has 1 fully saturated rings. The highest BCUT2D eigenvalue weighted by atomic mass is 32.1. The number of amides is 1. The van der Waals surface area contributed by atoms with Crippen molar-refractivity contribution in [1.29, 1.82) is 0 Å². The molecule has 5 aromatic rings. The lowest BCUT2D eigenvalue weighted by Crippen LogP contribution is -2.31. The summed E-state index contributed by atoms with van der Waals surface area (Å²) in [7, 11) is 1.58. The van der Waals surface area contributed by atoms with E-state index in [1.54, 1.807) is 36.0 Å². The number of fused-ring (bicyclic) bond motifs is 3. The van der Waals surface area contributed by atoms with E-state index < -0.39 is 0 Å². The fourth-order valence-corrected chi connectivity index (χ4v) is 4.35. The Balaban J connectivity index is 0.00000308. The van der Waals surface area contributed by atoms with E-state index in [0.29, 0.717) is 46.6 Å². The van der Waals surface area contributed by atoms with Crippen molar-refractivity contribution in [3.8, 4) is 17.4 Å². The first kappa shape index (κ1) is 26.5. The van der Waals surface area contributed by atoms with Gasteiger partial charge in [0.25, 0.3) is 5.91 Å². The number of rotatable bonds is 9. The molecule has 1 aliphatic rings. The van der Waals surface area contributed by atoms with E-state index in [9.17, 15) is 4.79 Å². The van der Waals surface area contributed by atoms with Gasteiger partial charge in [0.1, 0.15) is 13.2 Å². The van der Waals surface area contributed by atoms with Gasteiger partial charge in [0, 0.05) is 43.3 Å². The van der Waals surface area contributed by atoms with Crippen LogP contribution < -0.4 is 10.1 Å². The van der Waals surface area contributed by atoms with Crippen molar-refractivity contribution in [3.63, 3.8) is 0 Å². The summed E-state index contributed by atoms with van der Waals surface area (Å²) in [6, 6.07) is 12.9. The average Bonchev–Trinajstić information content (AvgIpc) is 3.72. The van der Waals surface area contributed by atoms with Crippen molar-refractivity contribution in [1.82, 2.24) is 35.3 Å². The van der Waals surface area contributed by atoms with Gasteiger partial charge in [0.15, 0.2) is 17.1 Å². The summed E-state index contributed by atoms with van der Waals surface area (Å²) in [6.45, 7) is 1.69. The Morgan fingerprint density at radius 2 is 2.03 bits per heavy atom. The molecule has 5 heterocycles. The van der Waals surface area contributed by atoms with Crippen molar-refractivity contribution in [2.24, 2.45) is 0 Å². The molecule has 1 amide bonds. The summed E-state index contributed by atoms with van der Waals surface area (Å²) < 4.78 is 23.7. The number of carbonyl (C=O) groups is 1. The van der Waals surface area contributed by atoms with Crippen LogP contribution in [0, 0.1) is 0 Å². The Kier molecular flexibility index (Phi) is 8.00. The first-order valence-corrected chi connectivity index (χ1v) is 12.3. The SMILES string of the molecule is COCc1cc(-c2nnc3c4ccccc4c(OCc4ccc(C(=O)NC[C@@H]5CCCO5)cn4)nn23)no1.S. The van der Waals surface area contributed by atoms with E-state index in [1.807, 2.05) is 24.3 Å². The normalized spacial score (nSPS) is 14.9. The van der Waals surface area contributed by atoms with E-state index in [4.69, 9.17) is 18.7 Å². The van der Waals surface area contributed by atoms with Gasteiger partial charge in [-0.05, 0) is 31.0 Å². The van der Waals surface area contributed by atoms with Crippen LogP contribution in [0.25, 0.3) is 27.9 Å². The number of aromatic nitrogens is 6. The molecule has 0 radical (unpaired) electrons. The standard InChI is InChI=1S/C26H25N7O5.H2S/c1-35-15-19-11-22(32-38-19)24-30-29-23-20-6-2-3-7-21(20)26(31-33(23)24)37-14-17-9-8-16(12-27-17)25(34)28-13-18-5-4-10-36-18;/h2-3,6-9,11-12,18H,4-5,10,13-15H2,1H3,(H,28,34);1H2/t18-;/m0./s1. The van der Waals surface area contributed by atoms with Gasteiger partial charge in [-0.15, -0.1) is 15.3 Å². The molecule has 0 aliphatic carbocycles. The van der Waals surface area contributed by atoms with Crippen molar-refractivity contribution in [3.05, 3.63) is 65.7 Å². The number of nitrogens with zero attached hydrogens (tertiary/aromatic N) is 6. The van der Waals surface area contributed by atoms with Crippen LogP contribution in [-0.4, -0.2) is 62.2 Å². The molecular weight excluding hydrogens is 522 g/mol. The maximum Gasteiger partial charge on any atom is 0.252 e. The summed E-state index contributed by atoms with van der Waals surface area (Å²) in [5.41, 5.74) is 2.17. The second-order valence-corrected chi connectivity index (χ2v) is 8.89. The van der Waals surface area contributed by atoms with Gasteiger partial charge in [-0.3, -0.25) is 9.78 Å². The first-order chi connectivity index (χ1) is 18.7. The minimum Gasteiger partial charge on any atom is -0.470 e. The predicted molar refractivity (Wildman–Crippen MR) is 145 cm³/mol. The van der Waals surface area contributed by atoms with E-state index in [0.717, 1.165) is 30.2 Å². The number of carbonyl (C=O) groups excluding carboxylic acids is 1. The molecule has 0 spiro atoms. The summed E-state index contributed by atoms with van der Waals surface area (Å²) in [4.78, 5) is 16.8. The third kappa shape index (κ3) is 5.55. The predicted octanol–water partition coefficient (Wildman–Crippen LogP) is 3.07. The second kappa shape index (κ2) is 11.8. The minimum absolute atomic E-state index is 0. The highest BCUT2D eigenvalue weighted by Gasteiger charge is 2.20. The lowest BCUT2D eigenvalue weighted by atomic mass is 10.2. The van der Waals surface area contributed by atoms with Crippen LogP contribution in [0.4, 0.5) is 0 Å². The molecule has 1 aromatic carbocycles. The summed E-state index contributed by atoms with van der Waals surface area (Å²) in [6.07, 6.45) is 3.62. The largest absolute Gasteiger partial charge is 0.470 e. The summed E-state index contributed by atoms with van der Waals surface area (Å²) in [5.74, 6) is 1.18.